The van der Waals surface area contributed by atoms with Gasteiger partial charge in [-0.2, -0.15) is 0 Å². The minimum absolute atomic E-state index is 0.150. The van der Waals surface area contributed by atoms with Crippen molar-refractivity contribution in [2.75, 3.05) is 0 Å². The largest absolute Gasteiger partial charge is 0.303 e. The molecule has 0 aromatic heterocycles. The molecular weight excluding hydrogens is 136 g/mol. The van der Waals surface area contributed by atoms with Crippen molar-refractivity contribution in [2.45, 2.75) is 33.1 Å². The van der Waals surface area contributed by atoms with Crippen LogP contribution in [0.4, 0.5) is 0 Å². The molecule has 1 nitrogen and oxygen atoms in total. The van der Waals surface area contributed by atoms with Crippen molar-refractivity contribution in [1.29, 1.82) is 0 Å². The number of carbonyl (C=O) groups excluding carboxylic acids is 1. The Hall–Kier alpha value is -0.590. The van der Waals surface area contributed by atoms with Crippen LogP contribution in [0.3, 0.4) is 0 Å². The standard InChI is InChI=1S/C10H16O/c1-8-4-5-9(7-11)10(2,3)6-8/h7,9H,1,4-6H2,2-3H3. The molecule has 1 aliphatic rings. The summed E-state index contributed by atoms with van der Waals surface area (Å²) >= 11 is 0. The Morgan fingerprint density at radius 2 is 2.27 bits per heavy atom. The van der Waals surface area contributed by atoms with Crippen molar-refractivity contribution in [1.82, 2.24) is 0 Å². The van der Waals surface area contributed by atoms with E-state index in [1.54, 1.807) is 0 Å². The Morgan fingerprint density at radius 1 is 1.64 bits per heavy atom. The average Bonchev–Trinajstić information content (AvgIpc) is 1.85. The molecule has 11 heavy (non-hydrogen) atoms. The number of carbonyl (C=O) groups is 1. The van der Waals surface area contributed by atoms with Crippen molar-refractivity contribution >= 4 is 6.29 Å². The summed E-state index contributed by atoms with van der Waals surface area (Å²) in [5.74, 6) is 0.244. The summed E-state index contributed by atoms with van der Waals surface area (Å²) < 4.78 is 0. The van der Waals surface area contributed by atoms with Crippen LogP contribution in [0.15, 0.2) is 12.2 Å². The summed E-state index contributed by atoms with van der Waals surface area (Å²) in [6.07, 6.45) is 4.14. The van der Waals surface area contributed by atoms with E-state index in [2.05, 4.69) is 20.4 Å². The molecule has 0 amide bonds. The van der Waals surface area contributed by atoms with E-state index >= 15 is 0 Å². The lowest BCUT2D eigenvalue weighted by Crippen LogP contribution is -2.29. The van der Waals surface area contributed by atoms with Gasteiger partial charge in [-0.05, 0) is 24.7 Å². The zero-order valence-electron chi connectivity index (χ0n) is 7.39. The molecule has 1 fully saturated rings. The highest BCUT2D eigenvalue weighted by Gasteiger charge is 2.33. The van der Waals surface area contributed by atoms with Gasteiger partial charge in [-0.15, -0.1) is 0 Å². The average molecular weight is 152 g/mol. The van der Waals surface area contributed by atoms with E-state index in [4.69, 9.17) is 0 Å². The molecule has 0 aromatic carbocycles. The molecule has 1 heteroatoms. The third-order valence-electron chi connectivity index (χ3n) is 2.68. The third-order valence-corrected chi connectivity index (χ3v) is 2.68. The van der Waals surface area contributed by atoms with Crippen molar-refractivity contribution in [2.24, 2.45) is 11.3 Å². The fourth-order valence-corrected chi connectivity index (χ4v) is 1.87. The molecule has 1 atom stereocenters. The maximum Gasteiger partial charge on any atom is 0.123 e. The Kier molecular flexibility index (Phi) is 2.17. The normalized spacial score (nSPS) is 30.0. The van der Waals surface area contributed by atoms with E-state index in [-0.39, 0.29) is 11.3 Å². The van der Waals surface area contributed by atoms with E-state index in [1.165, 1.54) is 5.57 Å². The van der Waals surface area contributed by atoms with Gasteiger partial charge in [-0.1, -0.05) is 26.0 Å². The number of allylic oxidation sites excluding steroid dienone is 1. The molecule has 0 heterocycles. The van der Waals surface area contributed by atoms with Crippen LogP contribution in [0, 0.1) is 11.3 Å². The van der Waals surface area contributed by atoms with Crippen molar-refractivity contribution in [3.63, 3.8) is 0 Å². The van der Waals surface area contributed by atoms with Crippen LogP contribution in [-0.4, -0.2) is 6.29 Å². The molecular formula is C10H16O. The quantitative estimate of drug-likeness (QED) is 0.417. The van der Waals surface area contributed by atoms with Gasteiger partial charge >= 0.3 is 0 Å². The van der Waals surface area contributed by atoms with E-state index in [0.29, 0.717) is 0 Å². The summed E-state index contributed by atoms with van der Waals surface area (Å²) in [6.45, 7) is 8.26. The van der Waals surface area contributed by atoms with E-state index in [1.807, 2.05) is 0 Å². The van der Waals surface area contributed by atoms with Gasteiger partial charge in [0.1, 0.15) is 6.29 Å². The second kappa shape index (κ2) is 2.80. The van der Waals surface area contributed by atoms with Crippen LogP contribution < -0.4 is 0 Å². The number of aldehydes is 1. The number of hydrogen-bond acceptors (Lipinski definition) is 1. The summed E-state index contributed by atoms with van der Waals surface area (Å²) in [7, 11) is 0. The number of hydrogen-bond donors (Lipinski definition) is 0. The topological polar surface area (TPSA) is 17.1 Å². The molecule has 62 valence electrons. The number of rotatable bonds is 1. The lowest BCUT2D eigenvalue weighted by atomic mass is 9.68. The van der Waals surface area contributed by atoms with Crippen molar-refractivity contribution in [3.8, 4) is 0 Å². The maximum atomic E-state index is 10.7. The van der Waals surface area contributed by atoms with E-state index < -0.39 is 0 Å². The smallest absolute Gasteiger partial charge is 0.123 e. The summed E-state index contributed by atoms with van der Waals surface area (Å²) in [5, 5.41) is 0. The highest BCUT2D eigenvalue weighted by molar-refractivity contribution is 5.55. The SMILES string of the molecule is C=C1CCC(C=O)C(C)(C)C1. The van der Waals surface area contributed by atoms with Crippen LogP contribution >= 0.6 is 0 Å². The van der Waals surface area contributed by atoms with Crippen LogP contribution in [0.5, 0.6) is 0 Å². The predicted octanol–water partition coefficient (Wildman–Crippen LogP) is 2.57. The Bertz CT molecular complexity index is 179. The predicted molar refractivity (Wildman–Crippen MR) is 46.3 cm³/mol. The first-order chi connectivity index (χ1) is 5.06. The van der Waals surface area contributed by atoms with Gasteiger partial charge in [0, 0.05) is 5.92 Å². The van der Waals surface area contributed by atoms with Crippen molar-refractivity contribution < 1.29 is 4.79 Å². The third kappa shape index (κ3) is 1.70. The second-order valence-electron chi connectivity index (χ2n) is 4.20. The first-order valence-corrected chi connectivity index (χ1v) is 4.18. The minimum atomic E-state index is 0.150. The van der Waals surface area contributed by atoms with Gasteiger partial charge in [0.2, 0.25) is 0 Å². The van der Waals surface area contributed by atoms with Crippen LogP contribution in [0.2, 0.25) is 0 Å². The monoisotopic (exact) mass is 152 g/mol. The first kappa shape index (κ1) is 8.51. The van der Waals surface area contributed by atoms with Crippen LogP contribution in [-0.2, 0) is 4.79 Å². The summed E-state index contributed by atoms with van der Waals surface area (Å²) in [4.78, 5) is 10.7. The maximum absolute atomic E-state index is 10.7. The van der Waals surface area contributed by atoms with E-state index in [0.717, 1.165) is 25.5 Å². The van der Waals surface area contributed by atoms with Gasteiger partial charge in [0.05, 0.1) is 0 Å². The van der Waals surface area contributed by atoms with Gasteiger partial charge < -0.3 is 4.79 Å². The lowest BCUT2D eigenvalue weighted by Gasteiger charge is -2.36. The molecule has 0 aromatic rings. The molecule has 1 unspecified atom stereocenters. The van der Waals surface area contributed by atoms with E-state index in [9.17, 15) is 4.79 Å². The summed E-state index contributed by atoms with van der Waals surface area (Å²) in [5.41, 5.74) is 1.45. The molecule has 1 saturated carbocycles. The fourth-order valence-electron chi connectivity index (χ4n) is 1.87. The second-order valence-corrected chi connectivity index (χ2v) is 4.20. The lowest BCUT2D eigenvalue weighted by molar-refractivity contribution is -0.114. The Balaban J connectivity index is 2.71. The highest BCUT2D eigenvalue weighted by atomic mass is 16.1. The van der Waals surface area contributed by atoms with Gasteiger partial charge in [-0.25, -0.2) is 0 Å². The zero-order chi connectivity index (χ0) is 8.48. The van der Waals surface area contributed by atoms with Crippen LogP contribution in [0.1, 0.15) is 33.1 Å². The molecule has 0 N–H and O–H groups in total. The van der Waals surface area contributed by atoms with Gasteiger partial charge in [0.15, 0.2) is 0 Å². The Morgan fingerprint density at radius 3 is 2.73 bits per heavy atom. The van der Waals surface area contributed by atoms with Gasteiger partial charge in [-0.3, -0.25) is 0 Å². The van der Waals surface area contributed by atoms with Crippen molar-refractivity contribution in [3.05, 3.63) is 12.2 Å². The fraction of sp³-hybridized carbons (Fsp3) is 0.700. The Labute approximate surface area is 68.5 Å². The van der Waals surface area contributed by atoms with Gasteiger partial charge in [0.25, 0.3) is 0 Å². The summed E-state index contributed by atoms with van der Waals surface area (Å²) in [6, 6.07) is 0. The highest BCUT2D eigenvalue weighted by Crippen LogP contribution is 2.41. The molecule has 0 aliphatic heterocycles. The molecule has 0 radical (unpaired) electrons. The molecule has 0 saturated heterocycles. The molecule has 1 aliphatic carbocycles. The van der Waals surface area contributed by atoms with Crippen LogP contribution in [0.25, 0.3) is 0 Å². The molecule has 1 rings (SSSR count). The first-order valence-electron chi connectivity index (χ1n) is 4.18. The zero-order valence-corrected chi connectivity index (χ0v) is 7.39. The molecule has 0 bridgehead atoms. The molecule has 0 spiro atoms. The minimum Gasteiger partial charge on any atom is -0.303 e.